The van der Waals surface area contributed by atoms with E-state index in [1.807, 2.05) is 4.90 Å². The van der Waals surface area contributed by atoms with Crippen molar-refractivity contribution in [3.8, 4) is 0 Å². The van der Waals surface area contributed by atoms with Gasteiger partial charge in [-0.2, -0.15) is 0 Å². The summed E-state index contributed by atoms with van der Waals surface area (Å²) >= 11 is 5.24. The van der Waals surface area contributed by atoms with Crippen molar-refractivity contribution < 1.29 is 4.39 Å². The molecule has 0 radical (unpaired) electrons. The molecular formula is C11H14FN3S. The van der Waals surface area contributed by atoms with Crippen molar-refractivity contribution in [2.45, 2.75) is 6.92 Å². The minimum Gasteiger partial charge on any atom is -0.349 e. The van der Waals surface area contributed by atoms with Crippen LogP contribution in [0.5, 0.6) is 0 Å². The van der Waals surface area contributed by atoms with E-state index in [9.17, 15) is 4.39 Å². The first-order valence-corrected chi connectivity index (χ1v) is 5.65. The van der Waals surface area contributed by atoms with Crippen molar-refractivity contribution in [3.05, 3.63) is 30.1 Å². The van der Waals surface area contributed by atoms with E-state index in [0.717, 1.165) is 25.6 Å². The highest BCUT2D eigenvalue weighted by Gasteiger charge is 2.20. The van der Waals surface area contributed by atoms with E-state index in [-0.39, 0.29) is 5.82 Å². The molecule has 1 aliphatic rings. The van der Waals surface area contributed by atoms with Gasteiger partial charge in [-0.3, -0.25) is 4.90 Å². The molecule has 16 heavy (non-hydrogen) atoms. The second-order valence-corrected chi connectivity index (χ2v) is 4.06. The Labute approximate surface area is 99.8 Å². The quantitative estimate of drug-likeness (QED) is 0.792. The molecular weight excluding hydrogens is 225 g/mol. The molecule has 0 bridgehead atoms. The third-order valence-corrected chi connectivity index (χ3v) is 2.99. The predicted octanol–water partition coefficient (Wildman–Crippen LogP) is 1.76. The number of halogens is 1. The van der Waals surface area contributed by atoms with Gasteiger partial charge in [0.05, 0.1) is 13.3 Å². The number of nitrogens with zero attached hydrogens (tertiary/aromatic N) is 2. The molecule has 1 N–H and O–H groups in total. The van der Waals surface area contributed by atoms with Gasteiger partial charge in [0.1, 0.15) is 5.82 Å². The highest BCUT2D eigenvalue weighted by atomic mass is 32.1. The Bertz CT molecular complexity index is 379. The molecule has 1 aromatic rings. The number of hydrogen-bond donors (Lipinski definition) is 1. The number of anilines is 1. The normalized spacial score (nSPS) is 17.4. The lowest BCUT2D eigenvalue weighted by atomic mass is 10.3. The Kier molecular flexibility index (Phi) is 3.36. The maximum absolute atomic E-state index is 12.8. The van der Waals surface area contributed by atoms with E-state index in [2.05, 4.69) is 17.1 Å². The fourth-order valence-electron chi connectivity index (χ4n) is 1.62. The molecule has 1 aromatic carbocycles. The zero-order valence-electron chi connectivity index (χ0n) is 9.11. The summed E-state index contributed by atoms with van der Waals surface area (Å²) in [6, 6.07) is 6.37. The van der Waals surface area contributed by atoms with Crippen LogP contribution in [0.15, 0.2) is 24.3 Å². The Hall–Kier alpha value is -1.20. The molecule has 0 spiro atoms. The minimum atomic E-state index is -0.230. The van der Waals surface area contributed by atoms with Crippen LogP contribution in [0.3, 0.4) is 0 Å². The summed E-state index contributed by atoms with van der Waals surface area (Å²) in [6.07, 6.45) is 0. The number of hydrogen-bond acceptors (Lipinski definition) is 2. The first-order valence-electron chi connectivity index (χ1n) is 5.24. The lowest BCUT2D eigenvalue weighted by Gasteiger charge is -2.37. The van der Waals surface area contributed by atoms with Crippen molar-refractivity contribution in [1.29, 1.82) is 0 Å². The largest absolute Gasteiger partial charge is 0.349 e. The van der Waals surface area contributed by atoms with Crippen molar-refractivity contribution >= 4 is 23.0 Å². The highest BCUT2D eigenvalue weighted by Crippen LogP contribution is 2.17. The molecule has 1 heterocycles. The smallest absolute Gasteiger partial charge is 0.175 e. The van der Waals surface area contributed by atoms with E-state index < -0.39 is 0 Å². The maximum Gasteiger partial charge on any atom is 0.175 e. The summed E-state index contributed by atoms with van der Waals surface area (Å²) in [6.45, 7) is 4.56. The van der Waals surface area contributed by atoms with E-state index in [0.29, 0.717) is 5.11 Å². The van der Waals surface area contributed by atoms with Gasteiger partial charge < -0.3 is 10.2 Å². The summed E-state index contributed by atoms with van der Waals surface area (Å²) in [5, 5.41) is 3.83. The van der Waals surface area contributed by atoms with Crippen LogP contribution in [0.4, 0.5) is 10.1 Å². The molecule has 1 saturated heterocycles. The van der Waals surface area contributed by atoms with Crippen LogP contribution < -0.4 is 10.2 Å². The van der Waals surface area contributed by atoms with Crippen LogP contribution in [-0.4, -0.2) is 29.9 Å². The Morgan fingerprint density at radius 1 is 1.38 bits per heavy atom. The van der Waals surface area contributed by atoms with Crippen molar-refractivity contribution in [3.63, 3.8) is 0 Å². The molecule has 0 aromatic heterocycles. The minimum absolute atomic E-state index is 0.230. The van der Waals surface area contributed by atoms with Crippen LogP contribution in [-0.2, 0) is 0 Å². The summed E-state index contributed by atoms with van der Waals surface area (Å²) in [7, 11) is 0. The topological polar surface area (TPSA) is 18.5 Å². The fraction of sp³-hybridized carbons (Fsp3) is 0.364. The first-order chi connectivity index (χ1) is 7.70. The van der Waals surface area contributed by atoms with Crippen molar-refractivity contribution in [2.75, 3.05) is 24.8 Å². The van der Waals surface area contributed by atoms with Gasteiger partial charge in [-0.05, 0) is 43.0 Å². The van der Waals surface area contributed by atoms with Gasteiger partial charge in [0.25, 0.3) is 0 Å². The monoisotopic (exact) mass is 239 g/mol. The Balaban J connectivity index is 2.17. The number of rotatable bonds is 2. The zero-order valence-corrected chi connectivity index (χ0v) is 9.93. The van der Waals surface area contributed by atoms with Gasteiger partial charge in [0.15, 0.2) is 5.11 Å². The van der Waals surface area contributed by atoms with Crippen LogP contribution in [0.1, 0.15) is 6.92 Å². The average molecular weight is 239 g/mol. The van der Waals surface area contributed by atoms with Gasteiger partial charge >= 0.3 is 0 Å². The van der Waals surface area contributed by atoms with Gasteiger partial charge in [-0.1, -0.05) is 6.92 Å². The molecule has 0 saturated carbocycles. The Morgan fingerprint density at radius 2 is 2.06 bits per heavy atom. The molecule has 5 heteroatoms. The fourth-order valence-corrected chi connectivity index (χ4v) is 1.85. The number of benzene rings is 1. The molecule has 2 rings (SSSR count). The van der Waals surface area contributed by atoms with Gasteiger partial charge in [-0.15, -0.1) is 0 Å². The highest BCUT2D eigenvalue weighted by molar-refractivity contribution is 7.80. The van der Waals surface area contributed by atoms with E-state index in [1.165, 1.54) is 12.1 Å². The summed E-state index contributed by atoms with van der Waals surface area (Å²) in [5.41, 5.74) is 0.914. The number of thiocarbonyl (C=S) groups is 1. The summed E-state index contributed by atoms with van der Waals surface area (Å²) in [5.74, 6) is -0.230. The third kappa shape index (κ3) is 2.31. The van der Waals surface area contributed by atoms with Crippen LogP contribution in [0.2, 0.25) is 0 Å². The number of nitrogens with one attached hydrogen (secondary N) is 1. The summed E-state index contributed by atoms with van der Waals surface area (Å²) in [4.78, 5) is 4.17. The van der Waals surface area contributed by atoms with E-state index in [1.54, 1.807) is 12.1 Å². The lowest BCUT2D eigenvalue weighted by Crippen LogP contribution is -2.56. The SMILES string of the molecule is CCN1CNC(=S)N(c2ccc(F)cc2)C1. The lowest BCUT2D eigenvalue weighted by molar-refractivity contribution is 0.275. The molecule has 1 fully saturated rings. The molecule has 0 amide bonds. The van der Waals surface area contributed by atoms with Gasteiger partial charge in [0.2, 0.25) is 0 Å². The predicted molar refractivity (Wildman–Crippen MR) is 66.7 cm³/mol. The molecule has 1 aliphatic heterocycles. The van der Waals surface area contributed by atoms with Crippen LogP contribution >= 0.6 is 12.2 Å². The van der Waals surface area contributed by atoms with Crippen LogP contribution in [0, 0.1) is 5.82 Å². The second-order valence-electron chi connectivity index (χ2n) is 3.67. The Morgan fingerprint density at radius 3 is 2.69 bits per heavy atom. The molecule has 86 valence electrons. The molecule has 0 atom stereocenters. The molecule has 0 aliphatic carbocycles. The van der Waals surface area contributed by atoms with Crippen molar-refractivity contribution in [2.24, 2.45) is 0 Å². The third-order valence-electron chi connectivity index (χ3n) is 2.63. The van der Waals surface area contributed by atoms with Crippen LogP contribution in [0.25, 0.3) is 0 Å². The van der Waals surface area contributed by atoms with E-state index in [4.69, 9.17) is 12.2 Å². The van der Waals surface area contributed by atoms with Crippen molar-refractivity contribution in [1.82, 2.24) is 10.2 Å². The summed E-state index contributed by atoms with van der Waals surface area (Å²) < 4.78 is 12.8. The van der Waals surface area contributed by atoms with E-state index >= 15 is 0 Å². The van der Waals surface area contributed by atoms with Gasteiger partial charge in [0, 0.05) is 5.69 Å². The molecule has 3 nitrogen and oxygen atoms in total. The maximum atomic E-state index is 12.8. The second kappa shape index (κ2) is 4.76. The van der Waals surface area contributed by atoms with Gasteiger partial charge in [-0.25, -0.2) is 4.39 Å². The average Bonchev–Trinajstić information content (AvgIpc) is 2.31. The standard InChI is InChI=1S/C11H14FN3S/c1-2-14-7-13-11(16)15(8-14)10-5-3-9(12)4-6-10/h3-6H,2,7-8H2,1H3,(H,13,16). The first kappa shape index (κ1) is 11.3. The zero-order chi connectivity index (χ0) is 11.5. The molecule has 0 unspecified atom stereocenters.